The highest BCUT2D eigenvalue weighted by Crippen LogP contribution is 2.44. The first-order valence-corrected chi connectivity index (χ1v) is 12.7. The monoisotopic (exact) mass is 554 g/mol. The molecule has 3 N–H and O–H groups in total. The van der Waals surface area contributed by atoms with Crippen molar-refractivity contribution < 1.29 is 9.50 Å². The van der Waals surface area contributed by atoms with E-state index in [9.17, 15) is 14.3 Å². The largest absolute Gasteiger partial charge is 0.389 e. The summed E-state index contributed by atoms with van der Waals surface area (Å²) in [6.45, 7) is 2.42. The van der Waals surface area contributed by atoms with Gasteiger partial charge in [-0.05, 0) is 96.9 Å². The minimum Gasteiger partial charge on any atom is -0.389 e. The number of rotatable bonds is 4. The number of aliphatic hydroxyl groups is 1. The zero-order valence-electron chi connectivity index (χ0n) is 19.1. The molecule has 4 nitrogen and oxygen atoms in total. The van der Waals surface area contributed by atoms with E-state index in [0.29, 0.717) is 30.0 Å². The van der Waals surface area contributed by atoms with Crippen molar-refractivity contribution in [3.63, 3.8) is 0 Å². The lowest BCUT2D eigenvalue weighted by Gasteiger charge is -2.43. The van der Waals surface area contributed by atoms with Crippen LogP contribution in [0.4, 0.5) is 4.39 Å². The second-order valence-electron chi connectivity index (χ2n) is 9.34. The maximum Gasteiger partial charge on any atom is 0.252 e. The van der Waals surface area contributed by atoms with Gasteiger partial charge in [-0.1, -0.05) is 45.7 Å². The van der Waals surface area contributed by atoms with Crippen LogP contribution in [0.25, 0.3) is 10.9 Å². The summed E-state index contributed by atoms with van der Waals surface area (Å²) >= 11 is 9.86. The Hall–Kier alpha value is -2.51. The molecule has 0 aliphatic carbocycles. The van der Waals surface area contributed by atoms with Gasteiger partial charge >= 0.3 is 0 Å². The molecule has 4 aromatic rings. The Labute approximate surface area is 216 Å². The van der Waals surface area contributed by atoms with Crippen molar-refractivity contribution in [3.8, 4) is 0 Å². The number of hydrogen-bond acceptors (Lipinski definition) is 3. The number of fused-ring (bicyclic) bond motifs is 1. The predicted octanol–water partition coefficient (Wildman–Crippen LogP) is 6.38. The summed E-state index contributed by atoms with van der Waals surface area (Å²) in [5, 5.41) is 17.1. The minimum atomic E-state index is -1.24. The first-order valence-electron chi connectivity index (χ1n) is 11.5. The predicted molar refractivity (Wildman–Crippen MR) is 142 cm³/mol. The lowest BCUT2D eigenvalue weighted by atomic mass is 9.70. The fourth-order valence-corrected chi connectivity index (χ4v) is 5.95. The second-order valence-corrected chi connectivity index (χ2v) is 10.7. The third-order valence-electron chi connectivity index (χ3n) is 6.98. The lowest BCUT2D eigenvalue weighted by molar-refractivity contribution is -0.0194. The van der Waals surface area contributed by atoms with Crippen LogP contribution < -0.4 is 10.9 Å². The highest BCUT2D eigenvalue weighted by molar-refractivity contribution is 9.10. The van der Waals surface area contributed by atoms with Gasteiger partial charge in [0, 0.05) is 32.5 Å². The number of halogens is 3. The van der Waals surface area contributed by atoms with Crippen LogP contribution in [0.2, 0.25) is 5.02 Å². The van der Waals surface area contributed by atoms with Crippen LogP contribution in [-0.4, -0.2) is 22.2 Å². The van der Waals surface area contributed by atoms with E-state index in [2.05, 4.69) is 26.2 Å². The highest BCUT2D eigenvalue weighted by atomic mass is 79.9. The van der Waals surface area contributed by atoms with Crippen molar-refractivity contribution in [3.05, 3.63) is 115 Å². The Morgan fingerprint density at radius 2 is 1.97 bits per heavy atom. The third kappa shape index (κ3) is 4.81. The van der Waals surface area contributed by atoms with Crippen LogP contribution in [0, 0.1) is 12.7 Å². The Morgan fingerprint density at radius 3 is 2.74 bits per heavy atom. The quantitative estimate of drug-likeness (QED) is 0.274. The van der Waals surface area contributed by atoms with Crippen molar-refractivity contribution in [2.24, 2.45) is 0 Å². The van der Waals surface area contributed by atoms with Gasteiger partial charge in [-0.15, -0.1) is 0 Å². The van der Waals surface area contributed by atoms with Crippen LogP contribution in [-0.2, 0) is 0 Å². The number of aryl methyl sites for hydroxylation is 1. The summed E-state index contributed by atoms with van der Waals surface area (Å²) in [7, 11) is 0. The maximum atomic E-state index is 13.8. The first-order chi connectivity index (χ1) is 16.7. The first kappa shape index (κ1) is 24.2. The lowest BCUT2D eigenvalue weighted by Crippen LogP contribution is -2.49. The molecule has 3 aromatic carbocycles. The molecule has 1 fully saturated rings. The van der Waals surface area contributed by atoms with Gasteiger partial charge in [0.25, 0.3) is 5.56 Å². The second kappa shape index (κ2) is 9.51. The van der Waals surface area contributed by atoms with E-state index in [1.165, 1.54) is 12.1 Å². The molecule has 7 heteroatoms. The van der Waals surface area contributed by atoms with Crippen molar-refractivity contribution in [2.75, 3.05) is 6.54 Å². The summed E-state index contributed by atoms with van der Waals surface area (Å²) in [4.78, 5) is 16.4. The zero-order chi connectivity index (χ0) is 24.7. The van der Waals surface area contributed by atoms with Crippen LogP contribution in [0.15, 0.2) is 76.0 Å². The van der Waals surface area contributed by atoms with Crippen molar-refractivity contribution in [2.45, 2.75) is 37.3 Å². The molecule has 0 radical (unpaired) electrons. The number of hydrogen-bond donors (Lipinski definition) is 3. The summed E-state index contributed by atoms with van der Waals surface area (Å²) in [6.07, 6.45) is 0.795. The van der Waals surface area contributed by atoms with E-state index in [1.807, 2.05) is 49.4 Å². The molecule has 1 aromatic heterocycles. The van der Waals surface area contributed by atoms with Gasteiger partial charge in [-0.3, -0.25) is 4.79 Å². The summed E-state index contributed by atoms with van der Waals surface area (Å²) in [6, 6.07) is 19.4. The van der Waals surface area contributed by atoms with E-state index in [0.717, 1.165) is 32.1 Å². The number of aromatic nitrogens is 1. The van der Waals surface area contributed by atoms with Crippen LogP contribution >= 0.6 is 27.5 Å². The molecule has 2 heterocycles. The Bertz CT molecular complexity index is 1470. The molecule has 3 unspecified atom stereocenters. The van der Waals surface area contributed by atoms with E-state index in [1.54, 1.807) is 12.1 Å². The maximum absolute atomic E-state index is 13.8. The topological polar surface area (TPSA) is 65.1 Å². The molecule has 1 aliphatic rings. The van der Waals surface area contributed by atoms with Crippen molar-refractivity contribution in [1.82, 2.24) is 10.3 Å². The van der Waals surface area contributed by atoms with Gasteiger partial charge in [0.2, 0.25) is 0 Å². The summed E-state index contributed by atoms with van der Waals surface area (Å²) in [5.41, 5.74) is 2.25. The summed E-state index contributed by atoms with van der Waals surface area (Å²) < 4.78 is 14.7. The molecule has 1 saturated heterocycles. The van der Waals surface area contributed by atoms with Gasteiger partial charge in [0.15, 0.2) is 0 Å². The molecule has 180 valence electrons. The smallest absolute Gasteiger partial charge is 0.252 e. The molecule has 0 spiro atoms. The molecule has 3 atom stereocenters. The average molecular weight is 556 g/mol. The zero-order valence-corrected chi connectivity index (χ0v) is 21.5. The Morgan fingerprint density at radius 1 is 1.14 bits per heavy atom. The highest BCUT2D eigenvalue weighted by Gasteiger charge is 2.44. The SMILES string of the molecule is Cc1cc(F)ccc1C1CC(O)(C(c2cccc(Cl)c2)c2cc3cc(Br)ccc3[nH]c2=O)CCN1. The molecular weight excluding hydrogens is 531 g/mol. The minimum absolute atomic E-state index is 0.190. The molecule has 0 bridgehead atoms. The van der Waals surface area contributed by atoms with Crippen molar-refractivity contribution in [1.29, 1.82) is 0 Å². The van der Waals surface area contributed by atoms with E-state index >= 15 is 0 Å². The van der Waals surface area contributed by atoms with E-state index < -0.39 is 11.5 Å². The molecular formula is C28H25BrClFN2O2. The number of aromatic amines is 1. The van der Waals surface area contributed by atoms with Gasteiger partial charge in [-0.2, -0.15) is 0 Å². The van der Waals surface area contributed by atoms with Crippen molar-refractivity contribution >= 4 is 38.4 Å². The van der Waals surface area contributed by atoms with Crippen LogP contribution in [0.5, 0.6) is 0 Å². The van der Waals surface area contributed by atoms with Gasteiger partial charge in [-0.25, -0.2) is 4.39 Å². The fourth-order valence-electron chi connectivity index (χ4n) is 5.38. The molecule has 1 aliphatic heterocycles. The molecule has 5 rings (SSSR count). The van der Waals surface area contributed by atoms with Gasteiger partial charge < -0.3 is 15.4 Å². The standard InChI is InChI=1S/C28H25BrClFN2O2/c1-16-11-21(31)6-7-22(16)25-15-28(35,9-10-32-25)26(17-3-2-4-20(30)13-17)23-14-18-12-19(29)5-8-24(18)33-27(23)34/h2-8,11-14,25-26,32,35H,9-10,15H2,1H3,(H,33,34). The molecule has 0 amide bonds. The normalized spacial score (nSPS) is 21.2. The molecule has 35 heavy (non-hydrogen) atoms. The van der Waals surface area contributed by atoms with Crippen LogP contribution in [0.1, 0.15) is 47.1 Å². The fraction of sp³-hybridized carbons (Fsp3) is 0.250. The number of piperidine rings is 1. The number of nitrogens with one attached hydrogen (secondary N) is 2. The van der Waals surface area contributed by atoms with Crippen LogP contribution in [0.3, 0.4) is 0 Å². The number of H-pyrrole nitrogens is 1. The van der Waals surface area contributed by atoms with Gasteiger partial charge in [0.1, 0.15) is 5.82 Å². The number of pyridine rings is 1. The molecule has 0 saturated carbocycles. The van der Waals surface area contributed by atoms with Gasteiger partial charge in [0.05, 0.1) is 5.60 Å². The average Bonchev–Trinajstić information content (AvgIpc) is 2.80. The summed E-state index contributed by atoms with van der Waals surface area (Å²) in [5.74, 6) is -0.901. The number of benzene rings is 3. The van der Waals surface area contributed by atoms with E-state index in [-0.39, 0.29) is 17.4 Å². The van der Waals surface area contributed by atoms with E-state index in [4.69, 9.17) is 11.6 Å². The Balaban J connectivity index is 1.65. The Kier molecular flexibility index (Phi) is 6.57. The third-order valence-corrected chi connectivity index (χ3v) is 7.71.